The van der Waals surface area contributed by atoms with Gasteiger partial charge in [0.2, 0.25) is 5.91 Å². The number of amides is 1. The molecule has 0 spiro atoms. The van der Waals surface area contributed by atoms with Gasteiger partial charge in [0, 0.05) is 25.4 Å². The van der Waals surface area contributed by atoms with Crippen LogP contribution in [0, 0.1) is 0 Å². The van der Waals surface area contributed by atoms with Crippen LogP contribution in [0.3, 0.4) is 0 Å². The van der Waals surface area contributed by atoms with Crippen LogP contribution in [0.2, 0.25) is 0 Å². The molecular weight excluding hydrogens is 192 g/mol. The average Bonchev–Trinajstić information content (AvgIpc) is 2.23. The molecule has 4 nitrogen and oxygen atoms in total. The van der Waals surface area contributed by atoms with Gasteiger partial charge in [-0.25, -0.2) is 0 Å². The first kappa shape index (κ1) is 11.5. The summed E-state index contributed by atoms with van der Waals surface area (Å²) in [4.78, 5) is 24.7. The molecule has 1 amide bonds. The molecular formula is C11H16N2O2. The van der Waals surface area contributed by atoms with Gasteiger partial charge in [-0.05, 0) is 19.9 Å². The second-order valence-corrected chi connectivity index (χ2v) is 3.23. The molecule has 0 N–H and O–H groups in total. The van der Waals surface area contributed by atoms with Crippen molar-refractivity contribution in [2.24, 2.45) is 0 Å². The molecule has 4 heteroatoms. The van der Waals surface area contributed by atoms with Gasteiger partial charge >= 0.3 is 0 Å². The summed E-state index contributed by atoms with van der Waals surface area (Å²) in [7, 11) is 0. The van der Waals surface area contributed by atoms with Crippen LogP contribution in [0.4, 0.5) is 0 Å². The minimum absolute atomic E-state index is 0.0201. The molecule has 0 aliphatic carbocycles. The summed E-state index contributed by atoms with van der Waals surface area (Å²) < 4.78 is 1.42. The average molecular weight is 208 g/mol. The molecule has 0 saturated carbocycles. The number of aromatic nitrogens is 1. The summed E-state index contributed by atoms with van der Waals surface area (Å²) in [6.07, 6.45) is 1.63. The van der Waals surface area contributed by atoms with Gasteiger partial charge in [0.25, 0.3) is 5.56 Å². The number of pyridine rings is 1. The summed E-state index contributed by atoms with van der Waals surface area (Å²) in [6, 6.07) is 4.87. The zero-order chi connectivity index (χ0) is 11.3. The quantitative estimate of drug-likeness (QED) is 0.731. The number of carbonyl (C=O) groups is 1. The van der Waals surface area contributed by atoms with Gasteiger partial charge in [-0.15, -0.1) is 0 Å². The van der Waals surface area contributed by atoms with Crippen molar-refractivity contribution in [3.63, 3.8) is 0 Å². The lowest BCUT2D eigenvalue weighted by Crippen LogP contribution is -2.35. The zero-order valence-corrected chi connectivity index (χ0v) is 9.14. The second-order valence-electron chi connectivity index (χ2n) is 3.23. The van der Waals surface area contributed by atoms with Gasteiger partial charge in [0.15, 0.2) is 0 Å². The van der Waals surface area contributed by atoms with Crippen LogP contribution in [0.5, 0.6) is 0 Å². The number of hydrogen-bond donors (Lipinski definition) is 0. The maximum absolute atomic E-state index is 11.7. The lowest BCUT2D eigenvalue weighted by molar-refractivity contribution is -0.131. The Morgan fingerprint density at radius 3 is 2.53 bits per heavy atom. The fourth-order valence-electron chi connectivity index (χ4n) is 1.41. The fourth-order valence-corrected chi connectivity index (χ4v) is 1.41. The number of hydrogen-bond acceptors (Lipinski definition) is 2. The molecule has 0 radical (unpaired) electrons. The number of rotatable bonds is 4. The number of nitrogens with zero attached hydrogens (tertiary/aromatic N) is 2. The lowest BCUT2D eigenvalue weighted by atomic mass is 10.4. The second kappa shape index (κ2) is 5.34. The van der Waals surface area contributed by atoms with Crippen molar-refractivity contribution in [3.05, 3.63) is 34.7 Å². The smallest absolute Gasteiger partial charge is 0.250 e. The Morgan fingerprint density at radius 2 is 2.00 bits per heavy atom. The van der Waals surface area contributed by atoms with Gasteiger partial charge in [0.05, 0.1) is 0 Å². The van der Waals surface area contributed by atoms with Crippen molar-refractivity contribution in [1.82, 2.24) is 9.47 Å². The summed E-state index contributed by atoms with van der Waals surface area (Å²) in [5, 5.41) is 0. The van der Waals surface area contributed by atoms with E-state index < -0.39 is 0 Å². The fraction of sp³-hybridized carbons (Fsp3) is 0.455. The molecule has 1 rings (SSSR count). The van der Waals surface area contributed by atoms with Gasteiger partial charge < -0.3 is 9.47 Å². The summed E-state index contributed by atoms with van der Waals surface area (Å²) >= 11 is 0. The SMILES string of the molecule is CCN(CC)C(=O)Cn1ccccc1=O. The Bertz CT molecular complexity index is 380. The molecule has 0 fully saturated rings. The number of carbonyl (C=O) groups excluding carboxylic acids is 1. The zero-order valence-electron chi connectivity index (χ0n) is 9.14. The highest BCUT2D eigenvalue weighted by Crippen LogP contribution is 1.92. The Morgan fingerprint density at radius 1 is 1.33 bits per heavy atom. The third kappa shape index (κ3) is 2.94. The van der Waals surface area contributed by atoms with Crippen molar-refractivity contribution in [3.8, 4) is 0 Å². The monoisotopic (exact) mass is 208 g/mol. The van der Waals surface area contributed by atoms with Crippen molar-refractivity contribution < 1.29 is 4.79 Å². The minimum atomic E-state index is -0.141. The topological polar surface area (TPSA) is 42.3 Å². The predicted octanol–water partition coefficient (Wildman–Crippen LogP) is 0.717. The molecule has 1 aromatic rings. The Balaban J connectivity index is 2.74. The highest BCUT2D eigenvalue weighted by atomic mass is 16.2. The first-order valence-corrected chi connectivity index (χ1v) is 5.12. The van der Waals surface area contributed by atoms with Crippen molar-refractivity contribution in [1.29, 1.82) is 0 Å². The van der Waals surface area contributed by atoms with E-state index in [2.05, 4.69) is 0 Å². The number of likely N-dealkylation sites (N-methyl/N-ethyl adjacent to an activating group) is 1. The summed E-state index contributed by atoms with van der Waals surface area (Å²) in [6.45, 7) is 5.33. The molecule has 0 bridgehead atoms. The van der Waals surface area contributed by atoms with Crippen molar-refractivity contribution >= 4 is 5.91 Å². The third-order valence-electron chi connectivity index (χ3n) is 2.32. The first-order valence-electron chi connectivity index (χ1n) is 5.12. The van der Waals surface area contributed by atoms with E-state index in [1.165, 1.54) is 10.6 Å². The van der Waals surface area contributed by atoms with Crippen LogP contribution in [0.25, 0.3) is 0 Å². The van der Waals surface area contributed by atoms with Gasteiger partial charge in [-0.1, -0.05) is 6.07 Å². The predicted molar refractivity (Wildman–Crippen MR) is 58.6 cm³/mol. The maximum Gasteiger partial charge on any atom is 0.250 e. The van der Waals surface area contributed by atoms with E-state index in [1.807, 2.05) is 13.8 Å². The highest BCUT2D eigenvalue weighted by molar-refractivity contribution is 5.75. The Labute approximate surface area is 89.1 Å². The molecule has 0 atom stereocenters. The molecule has 0 aliphatic rings. The minimum Gasteiger partial charge on any atom is -0.342 e. The normalized spacial score (nSPS) is 10.0. The summed E-state index contributed by atoms with van der Waals surface area (Å²) in [5.41, 5.74) is -0.141. The van der Waals surface area contributed by atoms with Crippen molar-refractivity contribution in [2.75, 3.05) is 13.1 Å². The van der Waals surface area contributed by atoms with Crippen LogP contribution in [0.15, 0.2) is 29.2 Å². The molecule has 1 heterocycles. The van der Waals surface area contributed by atoms with Gasteiger partial charge in [0.1, 0.15) is 6.54 Å². The molecule has 82 valence electrons. The molecule has 1 aromatic heterocycles. The first-order chi connectivity index (χ1) is 7.19. The maximum atomic E-state index is 11.7. The largest absolute Gasteiger partial charge is 0.342 e. The third-order valence-corrected chi connectivity index (χ3v) is 2.32. The van der Waals surface area contributed by atoms with E-state index in [0.717, 1.165) is 0 Å². The molecule has 0 aromatic carbocycles. The van der Waals surface area contributed by atoms with E-state index in [0.29, 0.717) is 13.1 Å². The Kier molecular flexibility index (Phi) is 4.09. The van der Waals surface area contributed by atoms with Crippen LogP contribution < -0.4 is 5.56 Å². The van der Waals surface area contributed by atoms with Crippen LogP contribution in [-0.2, 0) is 11.3 Å². The van der Waals surface area contributed by atoms with Crippen molar-refractivity contribution in [2.45, 2.75) is 20.4 Å². The Hall–Kier alpha value is -1.58. The van der Waals surface area contributed by atoms with Gasteiger partial charge in [-0.3, -0.25) is 9.59 Å². The van der Waals surface area contributed by atoms with E-state index in [1.54, 1.807) is 23.2 Å². The van der Waals surface area contributed by atoms with E-state index in [9.17, 15) is 9.59 Å². The van der Waals surface area contributed by atoms with Crippen LogP contribution >= 0.6 is 0 Å². The lowest BCUT2D eigenvalue weighted by Gasteiger charge is -2.18. The van der Waals surface area contributed by atoms with E-state index in [-0.39, 0.29) is 18.0 Å². The molecule has 0 saturated heterocycles. The molecule has 15 heavy (non-hydrogen) atoms. The summed E-state index contributed by atoms with van der Waals surface area (Å²) in [5.74, 6) is -0.0201. The highest BCUT2D eigenvalue weighted by Gasteiger charge is 2.09. The standard InChI is InChI=1S/C11H16N2O2/c1-3-12(4-2)11(15)9-13-8-6-5-7-10(13)14/h5-8H,3-4,9H2,1-2H3. The van der Waals surface area contributed by atoms with E-state index >= 15 is 0 Å². The molecule has 0 unspecified atom stereocenters. The molecule has 0 aliphatic heterocycles. The van der Waals surface area contributed by atoms with Gasteiger partial charge in [-0.2, -0.15) is 0 Å². The van der Waals surface area contributed by atoms with Crippen LogP contribution in [-0.4, -0.2) is 28.5 Å². The van der Waals surface area contributed by atoms with E-state index in [4.69, 9.17) is 0 Å². The van der Waals surface area contributed by atoms with Crippen LogP contribution in [0.1, 0.15) is 13.8 Å².